The topological polar surface area (TPSA) is 41.5 Å². The minimum atomic E-state index is 0.167. The molecule has 0 bridgehead atoms. The Kier molecular flexibility index (Phi) is 7.14. The zero-order valence-corrected chi connectivity index (χ0v) is 10.8. The van der Waals surface area contributed by atoms with Crippen molar-refractivity contribution in [2.45, 2.75) is 53.1 Å². The van der Waals surface area contributed by atoms with Gasteiger partial charge in [0.25, 0.3) is 0 Å². The molecule has 15 heavy (non-hydrogen) atoms. The average molecular weight is 217 g/mol. The molecule has 0 aliphatic heterocycles. The van der Waals surface area contributed by atoms with Crippen LogP contribution < -0.4 is 5.32 Å². The normalized spacial score (nSPS) is 16.4. The van der Waals surface area contributed by atoms with Crippen LogP contribution in [-0.4, -0.2) is 37.0 Å². The third-order valence-corrected chi connectivity index (χ3v) is 2.17. The maximum atomic E-state index is 9.26. The summed E-state index contributed by atoms with van der Waals surface area (Å²) in [5.41, 5.74) is 0.242. The van der Waals surface area contributed by atoms with Gasteiger partial charge >= 0.3 is 0 Å². The summed E-state index contributed by atoms with van der Waals surface area (Å²) in [6.07, 6.45) is 0.972. The highest BCUT2D eigenvalue weighted by Crippen LogP contribution is 2.20. The summed E-state index contributed by atoms with van der Waals surface area (Å²) in [6, 6.07) is 0.463. The number of nitrogens with one attached hydrogen (secondary N) is 1. The first-order chi connectivity index (χ1) is 6.89. The Morgan fingerprint density at radius 1 is 1.33 bits per heavy atom. The van der Waals surface area contributed by atoms with Gasteiger partial charge in [-0.1, -0.05) is 20.8 Å². The summed E-state index contributed by atoms with van der Waals surface area (Å²) < 4.78 is 5.33. The van der Waals surface area contributed by atoms with Crippen LogP contribution in [0.15, 0.2) is 0 Å². The van der Waals surface area contributed by atoms with Crippen molar-refractivity contribution in [1.29, 1.82) is 0 Å². The molecule has 92 valence electrons. The minimum absolute atomic E-state index is 0.167. The van der Waals surface area contributed by atoms with E-state index < -0.39 is 0 Å². The van der Waals surface area contributed by atoms with E-state index in [4.69, 9.17) is 4.74 Å². The second-order valence-corrected chi connectivity index (χ2v) is 5.37. The molecule has 2 unspecified atom stereocenters. The van der Waals surface area contributed by atoms with Crippen molar-refractivity contribution in [2.75, 3.05) is 19.8 Å². The van der Waals surface area contributed by atoms with E-state index in [9.17, 15) is 5.11 Å². The fourth-order valence-electron chi connectivity index (χ4n) is 1.66. The Morgan fingerprint density at radius 2 is 1.93 bits per heavy atom. The molecule has 0 saturated heterocycles. The Bertz CT molecular complexity index is 154. The van der Waals surface area contributed by atoms with E-state index in [0.29, 0.717) is 12.6 Å². The predicted molar refractivity (Wildman–Crippen MR) is 64.0 cm³/mol. The average Bonchev–Trinajstić information content (AvgIpc) is 2.11. The predicted octanol–water partition coefficient (Wildman–Crippen LogP) is 1.80. The second kappa shape index (κ2) is 7.20. The van der Waals surface area contributed by atoms with Crippen LogP contribution >= 0.6 is 0 Å². The number of aliphatic hydroxyl groups is 1. The van der Waals surface area contributed by atoms with Crippen molar-refractivity contribution >= 4 is 0 Å². The van der Waals surface area contributed by atoms with Crippen molar-refractivity contribution in [2.24, 2.45) is 5.41 Å². The molecule has 0 saturated carbocycles. The Morgan fingerprint density at radius 3 is 2.33 bits per heavy atom. The van der Waals surface area contributed by atoms with Gasteiger partial charge in [-0.05, 0) is 25.7 Å². The van der Waals surface area contributed by atoms with Crippen LogP contribution in [0.5, 0.6) is 0 Å². The van der Waals surface area contributed by atoms with Crippen LogP contribution in [0.1, 0.15) is 41.0 Å². The van der Waals surface area contributed by atoms with Crippen molar-refractivity contribution < 1.29 is 9.84 Å². The lowest BCUT2D eigenvalue weighted by molar-refractivity contribution is 0.111. The van der Waals surface area contributed by atoms with Crippen LogP contribution in [0.4, 0.5) is 0 Å². The van der Waals surface area contributed by atoms with Gasteiger partial charge in [0.1, 0.15) is 0 Å². The maximum Gasteiger partial charge on any atom is 0.0616 e. The van der Waals surface area contributed by atoms with E-state index in [0.717, 1.165) is 13.0 Å². The van der Waals surface area contributed by atoms with Crippen molar-refractivity contribution in [3.8, 4) is 0 Å². The summed E-state index contributed by atoms with van der Waals surface area (Å²) in [6.45, 7) is 12.3. The molecule has 0 amide bonds. The number of rotatable bonds is 7. The highest BCUT2D eigenvalue weighted by atomic mass is 16.5. The smallest absolute Gasteiger partial charge is 0.0616 e. The Hall–Kier alpha value is -0.120. The highest BCUT2D eigenvalue weighted by Gasteiger charge is 2.19. The molecular weight excluding hydrogens is 190 g/mol. The standard InChI is InChI=1S/C12H27NO2/c1-6-15-9-10(2)13-11(8-14)7-12(3,4)5/h10-11,13-14H,6-9H2,1-5H3. The Balaban J connectivity index is 3.87. The van der Waals surface area contributed by atoms with Crippen LogP contribution in [0, 0.1) is 5.41 Å². The maximum absolute atomic E-state index is 9.26. The van der Waals surface area contributed by atoms with E-state index in [1.54, 1.807) is 0 Å². The number of aliphatic hydroxyl groups excluding tert-OH is 1. The lowest BCUT2D eigenvalue weighted by atomic mass is 9.88. The number of hydrogen-bond donors (Lipinski definition) is 2. The van der Waals surface area contributed by atoms with E-state index in [-0.39, 0.29) is 18.1 Å². The fraction of sp³-hybridized carbons (Fsp3) is 1.00. The lowest BCUT2D eigenvalue weighted by Gasteiger charge is -2.28. The molecule has 0 aromatic heterocycles. The van der Waals surface area contributed by atoms with Gasteiger partial charge in [0.05, 0.1) is 13.2 Å². The number of hydrogen-bond acceptors (Lipinski definition) is 3. The molecule has 0 aromatic rings. The van der Waals surface area contributed by atoms with Crippen molar-refractivity contribution in [3.05, 3.63) is 0 Å². The molecular formula is C12H27NO2. The number of ether oxygens (including phenoxy) is 1. The van der Waals surface area contributed by atoms with Gasteiger partial charge in [-0.15, -0.1) is 0 Å². The first kappa shape index (κ1) is 14.9. The molecule has 2 N–H and O–H groups in total. The second-order valence-electron chi connectivity index (χ2n) is 5.37. The van der Waals surface area contributed by atoms with E-state index in [1.807, 2.05) is 6.92 Å². The van der Waals surface area contributed by atoms with Gasteiger partial charge in [0.15, 0.2) is 0 Å². The van der Waals surface area contributed by atoms with Crippen molar-refractivity contribution in [3.63, 3.8) is 0 Å². The molecule has 0 heterocycles. The molecule has 0 aliphatic rings. The summed E-state index contributed by atoms with van der Waals surface area (Å²) in [5.74, 6) is 0. The zero-order valence-electron chi connectivity index (χ0n) is 10.8. The molecule has 0 radical (unpaired) electrons. The molecule has 3 heteroatoms. The van der Waals surface area contributed by atoms with E-state index in [1.165, 1.54) is 0 Å². The van der Waals surface area contributed by atoms with Crippen LogP contribution in [0.2, 0.25) is 0 Å². The third kappa shape index (κ3) is 8.85. The highest BCUT2D eigenvalue weighted by molar-refractivity contribution is 4.76. The summed E-state index contributed by atoms with van der Waals surface area (Å²) in [7, 11) is 0. The molecule has 0 rings (SSSR count). The van der Waals surface area contributed by atoms with E-state index >= 15 is 0 Å². The first-order valence-corrected chi connectivity index (χ1v) is 5.83. The van der Waals surface area contributed by atoms with Crippen LogP contribution in [0.3, 0.4) is 0 Å². The largest absolute Gasteiger partial charge is 0.395 e. The summed E-state index contributed by atoms with van der Waals surface area (Å²) >= 11 is 0. The Labute approximate surface area is 94.2 Å². The quantitative estimate of drug-likeness (QED) is 0.683. The summed E-state index contributed by atoms with van der Waals surface area (Å²) in [4.78, 5) is 0. The molecule has 0 fully saturated rings. The molecule has 2 atom stereocenters. The van der Waals surface area contributed by atoms with Gasteiger partial charge in [-0.3, -0.25) is 0 Å². The van der Waals surface area contributed by atoms with Gasteiger partial charge in [-0.25, -0.2) is 0 Å². The molecule has 0 spiro atoms. The molecule has 0 aliphatic carbocycles. The molecule has 3 nitrogen and oxygen atoms in total. The van der Waals surface area contributed by atoms with Crippen molar-refractivity contribution in [1.82, 2.24) is 5.32 Å². The fourth-order valence-corrected chi connectivity index (χ4v) is 1.66. The van der Waals surface area contributed by atoms with E-state index in [2.05, 4.69) is 33.0 Å². The van der Waals surface area contributed by atoms with Gasteiger partial charge in [0.2, 0.25) is 0 Å². The summed E-state index contributed by atoms with van der Waals surface area (Å²) in [5, 5.41) is 12.6. The van der Waals surface area contributed by atoms with Gasteiger partial charge < -0.3 is 15.2 Å². The lowest BCUT2D eigenvalue weighted by Crippen LogP contribution is -2.43. The monoisotopic (exact) mass is 217 g/mol. The molecule has 0 aromatic carbocycles. The van der Waals surface area contributed by atoms with Crippen LogP contribution in [-0.2, 0) is 4.74 Å². The first-order valence-electron chi connectivity index (χ1n) is 5.83. The van der Waals surface area contributed by atoms with Crippen LogP contribution in [0.25, 0.3) is 0 Å². The SMILES string of the molecule is CCOCC(C)NC(CO)CC(C)(C)C. The zero-order chi connectivity index (χ0) is 11.9. The third-order valence-electron chi connectivity index (χ3n) is 2.17. The van der Waals surface area contributed by atoms with Gasteiger partial charge in [-0.2, -0.15) is 0 Å². The van der Waals surface area contributed by atoms with Gasteiger partial charge in [0, 0.05) is 18.7 Å². The minimum Gasteiger partial charge on any atom is -0.395 e.